The Kier molecular flexibility index (Phi) is 5.93. The van der Waals surface area contributed by atoms with E-state index in [1.807, 2.05) is 7.05 Å². The molecule has 0 radical (unpaired) electrons. The molecule has 1 fully saturated rings. The van der Waals surface area contributed by atoms with Crippen molar-refractivity contribution in [1.29, 1.82) is 0 Å². The van der Waals surface area contributed by atoms with E-state index < -0.39 is 0 Å². The fourth-order valence-electron chi connectivity index (χ4n) is 2.39. The zero-order chi connectivity index (χ0) is 10.2. The Bertz CT molecular complexity index is 164. The van der Waals surface area contributed by atoms with Gasteiger partial charge in [-0.25, -0.2) is 0 Å². The van der Waals surface area contributed by atoms with E-state index in [1.165, 1.54) is 50.5 Å². The summed E-state index contributed by atoms with van der Waals surface area (Å²) in [4.78, 5) is 0. The van der Waals surface area contributed by atoms with Gasteiger partial charge in [-0.3, -0.25) is 0 Å². The fraction of sp³-hybridized carbons (Fsp3) is 0.846. The molecule has 1 aliphatic rings. The highest BCUT2D eigenvalue weighted by Crippen LogP contribution is 2.23. The standard InChI is InChI=1S/C13H25N/c1-12(11-14-2)10-13-8-6-4-3-5-7-9-13/h10,13-14H,3-9,11H2,1-2H3/b12-10+. The predicted molar refractivity (Wildman–Crippen MR) is 63.5 cm³/mol. The third kappa shape index (κ3) is 4.80. The van der Waals surface area contributed by atoms with Gasteiger partial charge in [-0.15, -0.1) is 0 Å². The molecule has 14 heavy (non-hydrogen) atoms. The predicted octanol–water partition coefficient (Wildman–Crippen LogP) is 3.51. The third-order valence-electron chi connectivity index (χ3n) is 3.13. The molecule has 0 saturated heterocycles. The molecule has 1 rings (SSSR count). The summed E-state index contributed by atoms with van der Waals surface area (Å²) in [5.74, 6) is 0.864. The molecule has 0 aromatic rings. The van der Waals surface area contributed by atoms with Gasteiger partial charge in [-0.05, 0) is 32.7 Å². The molecule has 1 N–H and O–H groups in total. The highest BCUT2D eigenvalue weighted by molar-refractivity contribution is 5.03. The molecule has 0 atom stereocenters. The van der Waals surface area contributed by atoms with Crippen LogP contribution in [0.1, 0.15) is 51.9 Å². The molecular weight excluding hydrogens is 170 g/mol. The van der Waals surface area contributed by atoms with Crippen molar-refractivity contribution in [2.24, 2.45) is 5.92 Å². The van der Waals surface area contributed by atoms with Crippen molar-refractivity contribution in [3.8, 4) is 0 Å². The molecule has 0 bridgehead atoms. The van der Waals surface area contributed by atoms with Gasteiger partial charge >= 0.3 is 0 Å². The Morgan fingerprint density at radius 1 is 1.14 bits per heavy atom. The van der Waals surface area contributed by atoms with E-state index in [2.05, 4.69) is 18.3 Å². The first-order chi connectivity index (χ1) is 6.83. The monoisotopic (exact) mass is 195 g/mol. The zero-order valence-electron chi connectivity index (χ0n) is 9.81. The topological polar surface area (TPSA) is 12.0 Å². The highest BCUT2D eigenvalue weighted by atomic mass is 14.8. The minimum absolute atomic E-state index is 0.864. The van der Waals surface area contributed by atoms with Gasteiger partial charge in [0, 0.05) is 6.54 Å². The van der Waals surface area contributed by atoms with Crippen LogP contribution in [0.5, 0.6) is 0 Å². The Balaban J connectivity index is 2.35. The van der Waals surface area contributed by atoms with Crippen LogP contribution in [-0.4, -0.2) is 13.6 Å². The first kappa shape index (κ1) is 11.8. The van der Waals surface area contributed by atoms with E-state index in [4.69, 9.17) is 0 Å². The summed E-state index contributed by atoms with van der Waals surface area (Å²) in [5, 5.41) is 3.22. The number of likely N-dealkylation sites (N-methyl/N-ethyl adjacent to an activating group) is 1. The number of rotatable bonds is 3. The van der Waals surface area contributed by atoms with Crippen molar-refractivity contribution in [2.75, 3.05) is 13.6 Å². The number of hydrogen-bond acceptors (Lipinski definition) is 1. The van der Waals surface area contributed by atoms with Crippen LogP contribution in [0, 0.1) is 5.92 Å². The maximum absolute atomic E-state index is 3.22. The smallest absolute Gasteiger partial charge is 0.0158 e. The summed E-state index contributed by atoms with van der Waals surface area (Å²) in [6, 6.07) is 0. The SMILES string of the molecule is CNC/C(C)=C/C1CCCCCCC1. The highest BCUT2D eigenvalue weighted by Gasteiger charge is 2.08. The summed E-state index contributed by atoms with van der Waals surface area (Å²) >= 11 is 0. The average molecular weight is 195 g/mol. The van der Waals surface area contributed by atoms with Gasteiger partial charge < -0.3 is 5.32 Å². The van der Waals surface area contributed by atoms with Gasteiger partial charge in [0.05, 0.1) is 0 Å². The molecule has 0 aromatic heterocycles. The minimum Gasteiger partial charge on any atom is -0.316 e. The van der Waals surface area contributed by atoms with Crippen LogP contribution < -0.4 is 5.32 Å². The Hall–Kier alpha value is -0.300. The molecule has 0 heterocycles. The Labute approximate surface area is 89.0 Å². The zero-order valence-corrected chi connectivity index (χ0v) is 9.81. The van der Waals surface area contributed by atoms with Crippen LogP contribution in [0.25, 0.3) is 0 Å². The minimum atomic E-state index is 0.864. The molecule has 1 nitrogen and oxygen atoms in total. The van der Waals surface area contributed by atoms with Gasteiger partial charge in [0.2, 0.25) is 0 Å². The summed E-state index contributed by atoms with van der Waals surface area (Å²) in [6.07, 6.45) is 12.6. The summed E-state index contributed by atoms with van der Waals surface area (Å²) in [6.45, 7) is 3.30. The first-order valence-corrected chi connectivity index (χ1v) is 6.15. The second-order valence-electron chi connectivity index (χ2n) is 4.65. The quantitative estimate of drug-likeness (QED) is 0.679. The van der Waals surface area contributed by atoms with E-state index in [0.29, 0.717) is 0 Å². The van der Waals surface area contributed by atoms with Crippen LogP contribution in [0.4, 0.5) is 0 Å². The molecule has 1 saturated carbocycles. The lowest BCUT2D eigenvalue weighted by Crippen LogP contribution is -2.10. The first-order valence-electron chi connectivity index (χ1n) is 6.15. The maximum Gasteiger partial charge on any atom is 0.0158 e. The lowest BCUT2D eigenvalue weighted by Gasteiger charge is -2.17. The molecule has 0 unspecified atom stereocenters. The molecule has 0 aliphatic heterocycles. The Morgan fingerprint density at radius 2 is 1.71 bits per heavy atom. The lowest BCUT2D eigenvalue weighted by molar-refractivity contribution is 0.433. The van der Waals surface area contributed by atoms with Crippen LogP contribution in [-0.2, 0) is 0 Å². The van der Waals surface area contributed by atoms with Crippen molar-refractivity contribution in [1.82, 2.24) is 5.32 Å². The molecule has 82 valence electrons. The van der Waals surface area contributed by atoms with Crippen molar-refractivity contribution < 1.29 is 0 Å². The van der Waals surface area contributed by atoms with Crippen molar-refractivity contribution in [2.45, 2.75) is 51.9 Å². The summed E-state index contributed by atoms with van der Waals surface area (Å²) in [5.41, 5.74) is 1.51. The summed E-state index contributed by atoms with van der Waals surface area (Å²) in [7, 11) is 2.02. The van der Waals surface area contributed by atoms with Crippen LogP contribution in [0.2, 0.25) is 0 Å². The number of nitrogens with one attached hydrogen (secondary N) is 1. The lowest BCUT2D eigenvalue weighted by atomic mass is 9.90. The van der Waals surface area contributed by atoms with Crippen LogP contribution >= 0.6 is 0 Å². The van der Waals surface area contributed by atoms with Crippen molar-refractivity contribution in [3.63, 3.8) is 0 Å². The Morgan fingerprint density at radius 3 is 2.29 bits per heavy atom. The molecule has 0 amide bonds. The molecule has 1 aliphatic carbocycles. The van der Waals surface area contributed by atoms with Gasteiger partial charge in [0.25, 0.3) is 0 Å². The van der Waals surface area contributed by atoms with Gasteiger partial charge in [-0.1, -0.05) is 43.8 Å². The average Bonchev–Trinajstić information content (AvgIpc) is 2.10. The second-order valence-corrected chi connectivity index (χ2v) is 4.65. The fourth-order valence-corrected chi connectivity index (χ4v) is 2.39. The van der Waals surface area contributed by atoms with Gasteiger partial charge in [0.1, 0.15) is 0 Å². The van der Waals surface area contributed by atoms with Crippen molar-refractivity contribution >= 4 is 0 Å². The number of hydrogen-bond donors (Lipinski definition) is 1. The summed E-state index contributed by atoms with van der Waals surface area (Å²) < 4.78 is 0. The molecular formula is C13H25N. The third-order valence-corrected chi connectivity index (χ3v) is 3.13. The maximum atomic E-state index is 3.22. The molecule has 0 aromatic carbocycles. The second kappa shape index (κ2) is 7.05. The van der Waals surface area contributed by atoms with Crippen LogP contribution in [0.3, 0.4) is 0 Å². The molecule has 0 spiro atoms. The molecule has 1 heteroatoms. The van der Waals surface area contributed by atoms with E-state index in [1.54, 1.807) is 0 Å². The number of allylic oxidation sites excluding steroid dienone is 1. The van der Waals surface area contributed by atoms with E-state index >= 15 is 0 Å². The van der Waals surface area contributed by atoms with Gasteiger partial charge in [0.15, 0.2) is 0 Å². The van der Waals surface area contributed by atoms with Crippen LogP contribution in [0.15, 0.2) is 11.6 Å². The van der Waals surface area contributed by atoms with Crippen molar-refractivity contribution in [3.05, 3.63) is 11.6 Å². The van der Waals surface area contributed by atoms with E-state index in [-0.39, 0.29) is 0 Å². The van der Waals surface area contributed by atoms with Gasteiger partial charge in [-0.2, -0.15) is 0 Å². The normalized spacial score (nSPS) is 21.7. The largest absolute Gasteiger partial charge is 0.316 e. The van der Waals surface area contributed by atoms with E-state index in [9.17, 15) is 0 Å². The van der Waals surface area contributed by atoms with E-state index in [0.717, 1.165) is 12.5 Å².